The highest BCUT2D eigenvalue weighted by molar-refractivity contribution is 7.88. The molecule has 7 nitrogen and oxygen atoms in total. The maximum absolute atomic E-state index is 13.0. The molecule has 0 aliphatic carbocycles. The van der Waals surface area contributed by atoms with Crippen LogP contribution in [0.4, 0.5) is 11.4 Å². The van der Waals surface area contributed by atoms with Crippen molar-refractivity contribution in [3.63, 3.8) is 0 Å². The standard InChI is InChI=1S/C23H23N3O4S/c1-25(31(2,29)30)15-7-9-17-8-3-6-12-20(17)26-16-23(14-13-21(26)27)18-10-4-5-11-19(18)24-22(23)28/h3-6,8,10-12H,13-16H2,1-2H3,(H,24,28). The van der Waals surface area contributed by atoms with Crippen LogP contribution >= 0.6 is 0 Å². The summed E-state index contributed by atoms with van der Waals surface area (Å²) in [6.45, 7) is 0.275. The number of fused-ring (bicyclic) bond motifs is 2. The summed E-state index contributed by atoms with van der Waals surface area (Å²) in [6.07, 6.45) is 1.83. The number of sulfonamides is 1. The first-order chi connectivity index (χ1) is 14.7. The lowest BCUT2D eigenvalue weighted by molar-refractivity contribution is -0.125. The molecule has 0 bridgehead atoms. The van der Waals surface area contributed by atoms with Crippen molar-refractivity contribution in [3.8, 4) is 11.8 Å². The number of nitrogens with zero attached hydrogens (tertiary/aromatic N) is 2. The fraction of sp³-hybridized carbons (Fsp3) is 0.304. The summed E-state index contributed by atoms with van der Waals surface area (Å²) in [5, 5.41) is 2.95. The van der Waals surface area contributed by atoms with Crippen LogP contribution < -0.4 is 10.2 Å². The number of carbonyl (C=O) groups is 2. The summed E-state index contributed by atoms with van der Waals surface area (Å²) < 4.78 is 24.3. The van der Waals surface area contributed by atoms with E-state index in [1.807, 2.05) is 36.4 Å². The molecular weight excluding hydrogens is 414 g/mol. The van der Waals surface area contributed by atoms with E-state index >= 15 is 0 Å². The third-order valence-corrected chi connectivity index (χ3v) is 7.17. The van der Waals surface area contributed by atoms with E-state index < -0.39 is 15.4 Å². The summed E-state index contributed by atoms with van der Waals surface area (Å²) >= 11 is 0. The molecule has 0 radical (unpaired) electrons. The molecule has 31 heavy (non-hydrogen) atoms. The van der Waals surface area contributed by atoms with Crippen molar-refractivity contribution in [2.24, 2.45) is 0 Å². The van der Waals surface area contributed by atoms with Gasteiger partial charge >= 0.3 is 0 Å². The van der Waals surface area contributed by atoms with E-state index in [-0.39, 0.29) is 31.3 Å². The van der Waals surface area contributed by atoms with E-state index in [4.69, 9.17) is 0 Å². The van der Waals surface area contributed by atoms with Crippen LogP contribution in [-0.4, -0.2) is 50.9 Å². The minimum atomic E-state index is -3.32. The van der Waals surface area contributed by atoms with E-state index in [2.05, 4.69) is 17.2 Å². The van der Waals surface area contributed by atoms with Crippen molar-refractivity contribution >= 4 is 33.2 Å². The Morgan fingerprint density at radius 1 is 1.13 bits per heavy atom. The Hall–Kier alpha value is -3.15. The van der Waals surface area contributed by atoms with Crippen molar-refractivity contribution in [1.82, 2.24) is 4.31 Å². The summed E-state index contributed by atoms with van der Waals surface area (Å²) in [7, 11) is -1.86. The van der Waals surface area contributed by atoms with Crippen molar-refractivity contribution in [1.29, 1.82) is 0 Å². The molecule has 2 aromatic rings. The van der Waals surface area contributed by atoms with Gasteiger partial charge in [-0.1, -0.05) is 42.2 Å². The first kappa shape index (κ1) is 21.1. The predicted octanol–water partition coefficient (Wildman–Crippen LogP) is 1.95. The smallest absolute Gasteiger partial charge is 0.236 e. The number of hydrogen-bond donors (Lipinski definition) is 1. The second-order valence-corrected chi connectivity index (χ2v) is 9.99. The Morgan fingerprint density at radius 2 is 1.84 bits per heavy atom. The minimum absolute atomic E-state index is 0.0425. The molecule has 1 N–H and O–H groups in total. The fourth-order valence-electron chi connectivity index (χ4n) is 4.07. The second-order valence-electron chi connectivity index (χ2n) is 7.90. The molecule has 2 aliphatic heterocycles. The molecule has 0 saturated carbocycles. The Morgan fingerprint density at radius 3 is 2.61 bits per heavy atom. The van der Waals surface area contributed by atoms with Crippen LogP contribution in [0.2, 0.25) is 0 Å². The molecule has 1 saturated heterocycles. The molecule has 2 aromatic carbocycles. The van der Waals surface area contributed by atoms with Gasteiger partial charge in [-0.25, -0.2) is 8.42 Å². The minimum Gasteiger partial charge on any atom is -0.325 e. The van der Waals surface area contributed by atoms with Gasteiger partial charge in [0.2, 0.25) is 21.8 Å². The summed E-state index contributed by atoms with van der Waals surface area (Å²) in [4.78, 5) is 27.5. The lowest BCUT2D eigenvalue weighted by Gasteiger charge is -2.39. The van der Waals surface area contributed by atoms with Gasteiger partial charge < -0.3 is 10.2 Å². The van der Waals surface area contributed by atoms with E-state index in [0.29, 0.717) is 17.7 Å². The number of para-hydroxylation sites is 2. The van der Waals surface area contributed by atoms with Crippen LogP contribution in [0.15, 0.2) is 48.5 Å². The van der Waals surface area contributed by atoms with Crippen molar-refractivity contribution < 1.29 is 18.0 Å². The van der Waals surface area contributed by atoms with E-state index in [9.17, 15) is 18.0 Å². The van der Waals surface area contributed by atoms with Gasteiger partial charge in [0, 0.05) is 31.3 Å². The van der Waals surface area contributed by atoms with Gasteiger partial charge in [-0.2, -0.15) is 4.31 Å². The Balaban J connectivity index is 1.68. The molecule has 1 spiro atoms. The molecule has 8 heteroatoms. The maximum atomic E-state index is 13.0. The number of carbonyl (C=O) groups excluding carboxylic acids is 2. The largest absolute Gasteiger partial charge is 0.325 e. The molecule has 2 heterocycles. The first-order valence-corrected chi connectivity index (χ1v) is 11.8. The molecule has 1 fully saturated rings. The third-order valence-electron chi connectivity index (χ3n) is 5.91. The Bertz CT molecular complexity index is 1230. The molecule has 1 unspecified atom stereocenters. The second kappa shape index (κ2) is 7.84. The number of piperidine rings is 1. The zero-order chi connectivity index (χ0) is 22.2. The number of nitrogens with one attached hydrogen (secondary N) is 1. The molecule has 160 valence electrons. The van der Waals surface area contributed by atoms with Gasteiger partial charge in [0.1, 0.15) is 0 Å². The number of anilines is 2. The normalized spacial score (nSPS) is 20.4. The molecule has 2 aliphatic rings. The topological polar surface area (TPSA) is 86.8 Å². The van der Waals surface area contributed by atoms with E-state index in [1.54, 1.807) is 17.0 Å². The Kier molecular flexibility index (Phi) is 5.33. The average molecular weight is 438 g/mol. The van der Waals surface area contributed by atoms with Crippen LogP contribution in [0.3, 0.4) is 0 Å². The lowest BCUT2D eigenvalue weighted by Crippen LogP contribution is -2.52. The molecule has 2 amide bonds. The first-order valence-electron chi connectivity index (χ1n) is 9.93. The van der Waals surface area contributed by atoms with Crippen molar-refractivity contribution in [3.05, 3.63) is 59.7 Å². The highest BCUT2D eigenvalue weighted by Crippen LogP contribution is 2.45. The van der Waals surface area contributed by atoms with E-state index in [0.717, 1.165) is 21.8 Å². The van der Waals surface area contributed by atoms with Crippen molar-refractivity contribution in [2.75, 3.05) is 36.6 Å². The zero-order valence-electron chi connectivity index (χ0n) is 17.4. The van der Waals surface area contributed by atoms with Crippen LogP contribution in [0, 0.1) is 11.8 Å². The highest BCUT2D eigenvalue weighted by atomic mass is 32.2. The molecule has 1 atom stereocenters. The Labute approximate surface area is 182 Å². The van der Waals surface area contributed by atoms with Gasteiger partial charge in [0.05, 0.1) is 23.9 Å². The van der Waals surface area contributed by atoms with Crippen LogP contribution in [0.1, 0.15) is 24.0 Å². The summed E-state index contributed by atoms with van der Waals surface area (Å²) in [5.41, 5.74) is 2.15. The van der Waals surface area contributed by atoms with Gasteiger partial charge in [-0.15, -0.1) is 0 Å². The molecule has 4 rings (SSSR count). The van der Waals surface area contributed by atoms with Gasteiger partial charge in [-0.3, -0.25) is 9.59 Å². The van der Waals surface area contributed by atoms with Gasteiger partial charge in [-0.05, 0) is 30.2 Å². The molecule has 0 aromatic heterocycles. The third kappa shape index (κ3) is 3.82. The van der Waals surface area contributed by atoms with E-state index in [1.165, 1.54) is 7.05 Å². The van der Waals surface area contributed by atoms with Crippen LogP contribution in [0.5, 0.6) is 0 Å². The fourth-order valence-corrected chi connectivity index (χ4v) is 4.37. The summed E-state index contributed by atoms with van der Waals surface area (Å²) in [5.74, 6) is 5.70. The SMILES string of the molecule is CN(CC#Cc1ccccc1N1CC2(CCC1=O)C(=O)Nc1ccccc12)S(C)(=O)=O. The number of benzene rings is 2. The number of rotatable bonds is 3. The van der Waals surface area contributed by atoms with Crippen LogP contribution in [0.25, 0.3) is 0 Å². The lowest BCUT2D eigenvalue weighted by atomic mass is 9.74. The monoisotopic (exact) mass is 437 g/mol. The number of amides is 2. The highest BCUT2D eigenvalue weighted by Gasteiger charge is 2.51. The van der Waals surface area contributed by atoms with Gasteiger partial charge in [0.25, 0.3) is 0 Å². The van der Waals surface area contributed by atoms with Gasteiger partial charge in [0.15, 0.2) is 0 Å². The van der Waals surface area contributed by atoms with Crippen LogP contribution in [-0.2, 0) is 25.0 Å². The average Bonchev–Trinajstić information content (AvgIpc) is 3.01. The zero-order valence-corrected chi connectivity index (χ0v) is 18.2. The maximum Gasteiger partial charge on any atom is 0.236 e. The summed E-state index contributed by atoms with van der Waals surface area (Å²) in [6, 6.07) is 14.8. The number of hydrogen-bond acceptors (Lipinski definition) is 4. The quantitative estimate of drug-likeness (QED) is 0.744. The van der Waals surface area contributed by atoms with Crippen molar-refractivity contribution in [2.45, 2.75) is 18.3 Å². The predicted molar refractivity (Wildman–Crippen MR) is 119 cm³/mol. The molecular formula is C23H23N3O4S.